The molecule has 1 aliphatic rings. The molecular weight excluding hydrogens is 240 g/mol. The fraction of sp³-hybridized carbons (Fsp3) is 0.571. The van der Waals surface area contributed by atoms with Gasteiger partial charge in [0.2, 0.25) is 0 Å². The zero-order valence-corrected chi connectivity index (χ0v) is 11.4. The molecule has 5 heteroatoms. The van der Waals surface area contributed by atoms with Gasteiger partial charge in [-0.15, -0.1) is 0 Å². The molecular formula is C14H22N4O. The first-order valence-corrected chi connectivity index (χ1v) is 6.93. The summed E-state index contributed by atoms with van der Waals surface area (Å²) in [5.41, 5.74) is 7.22. The Morgan fingerprint density at radius 3 is 3.11 bits per heavy atom. The summed E-state index contributed by atoms with van der Waals surface area (Å²) in [6.07, 6.45) is 6.74. The maximum atomic E-state index is 8.71. The molecule has 2 rings (SSSR count). The minimum absolute atomic E-state index is 0.0584. The highest BCUT2D eigenvalue weighted by molar-refractivity contribution is 5.95. The van der Waals surface area contributed by atoms with E-state index in [-0.39, 0.29) is 5.84 Å². The second-order valence-electron chi connectivity index (χ2n) is 5.08. The van der Waals surface area contributed by atoms with Crippen molar-refractivity contribution in [2.24, 2.45) is 16.8 Å². The molecule has 1 aromatic rings. The van der Waals surface area contributed by atoms with Gasteiger partial charge >= 0.3 is 0 Å². The molecule has 2 heterocycles. The van der Waals surface area contributed by atoms with Gasteiger partial charge in [0.25, 0.3) is 0 Å². The van der Waals surface area contributed by atoms with E-state index in [0.29, 0.717) is 5.69 Å². The second-order valence-corrected chi connectivity index (χ2v) is 5.08. The maximum Gasteiger partial charge on any atom is 0.188 e. The van der Waals surface area contributed by atoms with Gasteiger partial charge in [-0.25, -0.2) is 0 Å². The van der Waals surface area contributed by atoms with Crippen LogP contribution in [0.25, 0.3) is 0 Å². The van der Waals surface area contributed by atoms with Gasteiger partial charge in [0.05, 0.1) is 0 Å². The van der Waals surface area contributed by atoms with E-state index >= 15 is 0 Å². The predicted octanol–water partition coefficient (Wildman–Crippen LogP) is 2.19. The lowest BCUT2D eigenvalue weighted by Gasteiger charge is -2.23. The molecule has 0 aromatic carbocycles. The normalized spacial score (nSPS) is 21.2. The Bertz CT molecular complexity index is 447. The number of amidine groups is 1. The van der Waals surface area contributed by atoms with Gasteiger partial charge < -0.3 is 15.8 Å². The van der Waals surface area contributed by atoms with Crippen molar-refractivity contribution in [2.45, 2.75) is 32.6 Å². The molecule has 0 amide bonds. The van der Waals surface area contributed by atoms with Crippen molar-refractivity contribution in [1.82, 2.24) is 4.98 Å². The standard InChI is InChI=1S/C14H22N4O/c1-2-11-4-3-8-18(9-6-11)12-5-7-16-13(10-12)14(15)17-19/h5,7,10-11,19H,2-4,6,8-9H2,1H3,(H2,15,17). The van der Waals surface area contributed by atoms with Crippen LogP contribution in [-0.4, -0.2) is 29.1 Å². The monoisotopic (exact) mass is 262 g/mol. The Kier molecular flexibility index (Phi) is 4.60. The lowest BCUT2D eigenvalue weighted by atomic mass is 9.98. The molecule has 5 nitrogen and oxygen atoms in total. The van der Waals surface area contributed by atoms with E-state index in [4.69, 9.17) is 10.9 Å². The van der Waals surface area contributed by atoms with E-state index in [2.05, 4.69) is 22.0 Å². The van der Waals surface area contributed by atoms with Crippen LogP contribution in [0.5, 0.6) is 0 Å². The summed E-state index contributed by atoms with van der Waals surface area (Å²) in [6, 6.07) is 3.88. The minimum Gasteiger partial charge on any atom is -0.409 e. The summed E-state index contributed by atoms with van der Waals surface area (Å²) >= 11 is 0. The Morgan fingerprint density at radius 2 is 2.37 bits per heavy atom. The summed E-state index contributed by atoms with van der Waals surface area (Å²) in [5.74, 6) is 0.901. The lowest BCUT2D eigenvalue weighted by Crippen LogP contribution is -2.25. The van der Waals surface area contributed by atoms with E-state index in [9.17, 15) is 0 Å². The van der Waals surface area contributed by atoms with Crippen LogP contribution < -0.4 is 10.6 Å². The Morgan fingerprint density at radius 1 is 1.53 bits per heavy atom. The molecule has 0 saturated carbocycles. The van der Waals surface area contributed by atoms with Crippen molar-refractivity contribution in [3.63, 3.8) is 0 Å². The van der Waals surface area contributed by atoms with Crippen molar-refractivity contribution >= 4 is 11.5 Å². The van der Waals surface area contributed by atoms with Crippen molar-refractivity contribution in [3.8, 4) is 0 Å². The molecule has 0 radical (unpaired) electrons. The molecule has 1 atom stereocenters. The molecule has 1 saturated heterocycles. The summed E-state index contributed by atoms with van der Waals surface area (Å²) < 4.78 is 0. The largest absolute Gasteiger partial charge is 0.409 e. The Hall–Kier alpha value is -1.78. The van der Waals surface area contributed by atoms with Crippen LogP contribution in [0.3, 0.4) is 0 Å². The van der Waals surface area contributed by atoms with Crippen LogP contribution in [0.4, 0.5) is 5.69 Å². The smallest absolute Gasteiger partial charge is 0.188 e. The molecule has 1 unspecified atom stereocenters. The van der Waals surface area contributed by atoms with Crippen LogP contribution in [0.15, 0.2) is 23.5 Å². The summed E-state index contributed by atoms with van der Waals surface area (Å²) in [6.45, 7) is 4.40. The van der Waals surface area contributed by atoms with Crippen LogP contribution in [0.2, 0.25) is 0 Å². The summed E-state index contributed by atoms with van der Waals surface area (Å²) in [5, 5.41) is 11.7. The highest BCUT2D eigenvalue weighted by atomic mass is 16.4. The molecule has 0 spiro atoms. The first-order chi connectivity index (χ1) is 9.24. The molecule has 0 aliphatic carbocycles. The molecule has 0 bridgehead atoms. The summed E-state index contributed by atoms with van der Waals surface area (Å²) in [7, 11) is 0. The quantitative estimate of drug-likeness (QED) is 0.379. The SMILES string of the molecule is CCC1CCCN(c2ccnc(C(N)=NO)c2)CC1. The first kappa shape index (κ1) is 13.6. The highest BCUT2D eigenvalue weighted by Crippen LogP contribution is 2.24. The van der Waals surface area contributed by atoms with Crippen molar-refractivity contribution in [2.75, 3.05) is 18.0 Å². The average Bonchev–Trinajstić information content (AvgIpc) is 2.72. The van der Waals surface area contributed by atoms with E-state index in [0.717, 1.165) is 24.7 Å². The number of hydrogen-bond donors (Lipinski definition) is 2. The average molecular weight is 262 g/mol. The van der Waals surface area contributed by atoms with E-state index in [1.807, 2.05) is 12.1 Å². The topological polar surface area (TPSA) is 74.7 Å². The fourth-order valence-corrected chi connectivity index (χ4v) is 2.64. The van der Waals surface area contributed by atoms with Gasteiger partial charge in [0, 0.05) is 25.0 Å². The number of rotatable bonds is 3. The zero-order valence-electron chi connectivity index (χ0n) is 11.4. The van der Waals surface area contributed by atoms with Gasteiger partial charge in [-0.3, -0.25) is 4.98 Å². The summed E-state index contributed by atoms with van der Waals surface area (Å²) in [4.78, 5) is 6.48. The number of oxime groups is 1. The van der Waals surface area contributed by atoms with Gasteiger partial charge in [0.1, 0.15) is 5.69 Å². The zero-order chi connectivity index (χ0) is 13.7. The van der Waals surface area contributed by atoms with Crippen LogP contribution in [0, 0.1) is 5.92 Å². The van der Waals surface area contributed by atoms with Crippen LogP contribution in [-0.2, 0) is 0 Å². The third kappa shape index (κ3) is 3.36. The van der Waals surface area contributed by atoms with Gasteiger partial charge in [0.15, 0.2) is 5.84 Å². The van der Waals surface area contributed by atoms with Crippen molar-refractivity contribution in [3.05, 3.63) is 24.0 Å². The first-order valence-electron chi connectivity index (χ1n) is 6.93. The van der Waals surface area contributed by atoms with Crippen LogP contribution >= 0.6 is 0 Å². The Labute approximate surface area is 114 Å². The van der Waals surface area contributed by atoms with Gasteiger partial charge in [-0.1, -0.05) is 18.5 Å². The Balaban J connectivity index is 2.13. The molecule has 19 heavy (non-hydrogen) atoms. The molecule has 1 aromatic heterocycles. The van der Waals surface area contributed by atoms with E-state index in [1.54, 1.807) is 6.20 Å². The number of nitrogens with two attached hydrogens (primary N) is 1. The van der Waals surface area contributed by atoms with E-state index < -0.39 is 0 Å². The van der Waals surface area contributed by atoms with E-state index in [1.165, 1.54) is 25.7 Å². The van der Waals surface area contributed by atoms with Gasteiger partial charge in [-0.05, 0) is 37.3 Å². The predicted molar refractivity (Wildman–Crippen MR) is 76.6 cm³/mol. The molecule has 104 valence electrons. The minimum atomic E-state index is 0.0584. The lowest BCUT2D eigenvalue weighted by molar-refractivity contribution is 0.318. The van der Waals surface area contributed by atoms with Crippen LogP contribution in [0.1, 0.15) is 38.3 Å². The molecule has 1 fully saturated rings. The fourth-order valence-electron chi connectivity index (χ4n) is 2.64. The van der Waals surface area contributed by atoms with Crippen molar-refractivity contribution < 1.29 is 5.21 Å². The number of hydrogen-bond acceptors (Lipinski definition) is 4. The molecule has 1 aliphatic heterocycles. The number of nitrogens with zero attached hydrogens (tertiary/aromatic N) is 3. The third-order valence-corrected chi connectivity index (χ3v) is 3.90. The maximum absolute atomic E-state index is 8.71. The number of aromatic nitrogens is 1. The number of anilines is 1. The third-order valence-electron chi connectivity index (χ3n) is 3.90. The highest BCUT2D eigenvalue weighted by Gasteiger charge is 2.16. The number of pyridine rings is 1. The van der Waals surface area contributed by atoms with Crippen molar-refractivity contribution in [1.29, 1.82) is 0 Å². The molecule has 3 N–H and O–H groups in total. The van der Waals surface area contributed by atoms with Gasteiger partial charge in [-0.2, -0.15) is 0 Å². The second kappa shape index (κ2) is 6.41.